The highest BCUT2D eigenvalue weighted by Crippen LogP contribution is 2.39. The lowest BCUT2D eigenvalue weighted by molar-refractivity contribution is -0.0765. The molecule has 1 aromatic carbocycles. The lowest BCUT2D eigenvalue weighted by Crippen LogP contribution is -2.45. The molecular formula is C21H26F2N4O2. The van der Waals surface area contributed by atoms with Crippen molar-refractivity contribution in [2.75, 3.05) is 19.6 Å². The molecule has 2 aliphatic heterocycles. The Balaban J connectivity index is 1.26. The van der Waals surface area contributed by atoms with Gasteiger partial charge in [0.25, 0.3) is 5.91 Å². The van der Waals surface area contributed by atoms with Gasteiger partial charge in [-0.2, -0.15) is 5.10 Å². The number of nitrogens with zero attached hydrogens (tertiary/aromatic N) is 3. The Morgan fingerprint density at radius 3 is 2.79 bits per heavy atom. The second-order valence-corrected chi connectivity index (χ2v) is 8.02. The Morgan fingerprint density at radius 2 is 2.07 bits per heavy atom. The summed E-state index contributed by atoms with van der Waals surface area (Å²) in [6.45, 7) is 2.45. The molecule has 2 aliphatic rings. The second-order valence-electron chi connectivity index (χ2n) is 8.02. The average Bonchev–Trinajstić information content (AvgIpc) is 3.31. The van der Waals surface area contributed by atoms with Crippen LogP contribution in [0.5, 0.6) is 0 Å². The van der Waals surface area contributed by atoms with Crippen LogP contribution >= 0.6 is 0 Å². The molecule has 2 saturated heterocycles. The van der Waals surface area contributed by atoms with E-state index in [1.54, 1.807) is 24.0 Å². The summed E-state index contributed by atoms with van der Waals surface area (Å²) in [4.78, 5) is 14.4. The van der Waals surface area contributed by atoms with Crippen molar-refractivity contribution >= 4 is 5.91 Å². The van der Waals surface area contributed by atoms with Crippen LogP contribution in [0.3, 0.4) is 0 Å². The fourth-order valence-electron chi connectivity index (χ4n) is 4.32. The van der Waals surface area contributed by atoms with Gasteiger partial charge in [0.2, 0.25) is 0 Å². The van der Waals surface area contributed by atoms with Crippen molar-refractivity contribution in [3.8, 4) is 0 Å². The third-order valence-electron chi connectivity index (χ3n) is 6.05. The molecule has 0 aliphatic carbocycles. The minimum Gasteiger partial charge on any atom is -0.370 e. The largest absolute Gasteiger partial charge is 0.370 e. The van der Waals surface area contributed by atoms with Crippen molar-refractivity contribution in [3.63, 3.8) is 0 Å². The Bertz CT molecular complexity index is 877. The molecule has 1 N–H and O–H groups in total. The molecule has 1 aromatic heterocycles. The van der Waals surface area contributed by atoms with Crippen LogP contribution in [-0.2, 0) is 18.3 Å². The number of hydrogen-bond donors (Lipinski definition) is 1. The standard InChI is InChI=1S/C21H26F2N4O2/c1-26-19(5-9-25-26)20(28)24-13-17-4-6-21(29-17)7-10-27(11-8-21)14-15-12-16(22)2-3-18(15)23/h2-3,5,9,12,17H,4,6-8,10-11,13-14H2,1H3,(H,24,28)/t17-/m1/s1. The van der Waals surface area contributed by atoms with Gasteiger partial charge in [0.15, 0.2) is 0 Å². The number of aromatic nitrogens is 2. The molecule has 0 radical (unpaired) electrons. The topological polar surface area (TPSA) is 59.4 Å². The van der Waals surface area contributed by atoms with Crippen LogP contribution in [-0.4, -0.2) is 51.9 Å². The van der Waals surface area contributed by atoms with Crippen LogP contribution in [0.25, 0.3) is 0 Å². The molecule has 29 heavy (non-hydrogen) atoms. The number of nitrogens with one attached hydrogen (secondary N) is 1. The lowest BCUT2D eigenvalue weighted by Gasteiger charge is -2.39. The van der Waals surface area contributed by atoms with Crippen molar-refractivity contribution in [2.45, 2.75) is 43.9 Å². The minimum absolute atomic E-state index is 0.000564. The number of piperidine rings is 1. The number of benzene rings is 1. The number of aryl methyl sites for hydroxylation is 1. The first-order valence-electron chi connectivity index (χ1n) is 10.0. The van der Waals surface area contributed by atoms with Gasteiger partial charge in [0.05, 0.1) is 11.7 Å². The normalized spacial score (nSPS) is 21.6. The minimum atomic E-state index is -0.412. The third kappa shape index (κ3) is 4.48. The summed E-state index contributed by atoms with van der Waals surface area (Å²) in [6, 6.07) is 5.28. The van der Waals surface area contributed by atoms with E-state index in [1.807, 2.05) is 0 Å². The summed E-state index contributed by atoms with van der Waals surface area (Å²) in [7, 11) is 1.74. The van der Waals surface area contributed by atoms with Crippen molar-refractivity contribution in [3.05, 3.63) is 53.4 Å². The number of halogens is 2. The molecule has 2 fully saturated rings. The van der Waals surface area contributed by atoms with Gasteiger partial charge in [0.1, 0.15) is 17.3 Å². The molecule has 156 valence electrons. The summed E-state index contributed by atoms with van der Waals surface area (Å²) in [5, 5.41) is 6.94. The molecule has 0 saturated carbocycles. The molecule has 1 spiro atoms. The maximum atomic E-state index is 13.9. The van der Waals surface area contributed by atoms with Crippen molar-refractivity contribution < 1.29 is 18.3 Å². The van der Waals surface area contributed by atoms with Gasteiger partial charge in [-0.1, -0.05) is 0 Å². The fourth-order valence-corrected chi connectivity index (χ4v) is 4.32. The zero-order valence-corrected chi connectivity index (χ0v) is 16.5. The van der Waals surface area contributed by atoms with E-state index < -0.39 is 5.82 Å². The number of hydrogen-bond acceptors (Lipinski definition) is 4. The zero-order valence-electron chi connectivity index (χ0n) is 16.5. The van der Waals surface area contributed by atoms with Crippen LogP contribution in [0.2, 0.25) is 0 Å². The lowest BCUT2D eigenvalue weighted by atomic mass is 9.88. The highest BCUT2D eigenvalue weighted by molar-refractivity contribution is 5.92. The van der Waals surface area contributed by atoms with E-state index in [2.05, 4.69) is 15.3 Å². The zero-order chi connectivity index (χ0) is 20.4. The van der Waals surface area contributed by atoms with Crippen LogP contribution in [0.15, 0.2) is 30.5 Å². The highest BCUT2D eigenvalue weighted by Gasteiger charge is 2.42. The predicted octanol–water partition coefficient (Wildman–Crippen LogP) is 2.64. The second kappa shape index (κ2) is 8.20. The molecule has 1 atom stereocenters. The number of amides is 1. The maximum absolute atomic E-state index is 13.9. The van der Waals surface area contributed by atoms with Crippen molar-refractivity contribution in [1.82, 2.24) is 20.0 Å². The molecule has 0 bridgehead atoms. The third-order valence-corrected chi connectivity index (χ3v) is 6.05. The van der Waals surface area contributed by atoms with Gasteiger partial charge in [0, 0.05) is 45.0 Å². The summed E-state index contributed by atoms with van der Waals surface area (Å²) in [5.41, 5.74) is 0.749. The summed E-state index contributed by atoms with van der Waals surface area (Å²) >= 11 is 0. The van der Waals surface area contributed by atoms with Crippen LogP contribution in [0, 0.1) is 11.6 Å². The first-order valence-corrected chi connectivity index (χ1v) is 10.0. The van der Waals surface area contributed by atoms with E-state index in [0.717, 1.165) is 44.8 Å². The summed E-state index contributed by atoms with van der Waals surface area (Å²) in [6.07, 6.45) is 5.18. The highest BCUT2D eigenvalue weighted by atomic mass is 19.1. The fraction of sp³-hybridized carbons (Fsp3) is 0.524. The Morgan fingerprint density at radius 1 is 1.28 bits per heavy atom. The van der Waals surface area contributed by atoms with E-state index >= 15 is 0 Å². The van der Waals surface area contributed by atoms with Crippen LogP contribution < -0.4 is 5.32 Å². The van der Waals surface area contributed by atoms with E-state index in [4.69, 9.17) is 4.74 Å². The van der Waals surface area contributed by atoms with Gasteiger partial charge in [-0.25, -0.2) is 8.78 Å². The molecule has 3 heterocycles. The molecule has 2 aromatic rings. The molecule has 0 unspecified atom stereocenters. The van der Waals surface area contributed by atoms with E-state index in [-0.39, 0.29) is 23.4 Å². The number of rotatable bonds is 5. The first-order chi connectivity index (χ1) is 13.9. The number of carbonyl (C=O) groups is 1. The van der Waals surface area contributed by atoms with Crippen molar-refractivity contribution in [2.24, 2.45) is 7.05 Å². The monoisotopic (exact) mass is 404 g/mol. The average molecular weight is 404 g/mol. The molecule has 4 rings (SSSR count). The Hall–Kier alpha value is -2.32. The number of likely N-dealkylation sites (tertiary alicyclic amines) is 1. The summed E-state index contributed by atoms with van der Waals surface area (Å²) in [5.74, 6) is -0.931. The molecule has 6 nitrogen and oxygen atoms in total. The van der Waals surface area contributed by atoms with E-state index in [9.17, 15) is 13.6 Å². The van der Waals surface area contributed by atoms with Crippen LogP contribution in [0.4, 0.5) is 8.78 Å². The van der Waals surface area contributed by atoms with Gasteiger partial charge in [-0.3, -0.25) is 14.4 Å². The first kappa shape index (κ1) is 20.0. The quantitative estimate of drug-likeness (QED) is 0.833. The smallest absolute Gasteiger partial charge is 0.269 e. The molecule has 8 heteroatoms. The van der Waals surface area contributed by atoms with Gasteiger partial charge in [-0.15, -0.1) is 0 Å². The molecule has 1 amide bonds. The maximum Gasteiger partial charge on any atom is 0.269 e. The SMILES string of the molecule is Cn1nccc1C(=O)NC[C@H]1CCC2(CCN(Cc3cc(F)ccc3F)CC2)O1. The van der Waals surface area contributed by atoms with Gasteiger partial charge in [-0.05, 0) is 49.9 Å². The number of carbonyl (C=O) groups excluding carboxylic acids is 1. The van der Waals surface area contributed by atoms with Gasteiger partial charge >= 0.3 is 0 Å². The van der Waals surface area contributed by atoms with Crippen LogP contribution in [0.1, 0.15) is 41.7 Å². The molecular weight excluding hydrogens is 378 g/mol. The predicted molar refractivity (Wildman–Crippen MR) is 103 cm³/mol. The Kier molecular flexibility index (Phi) is 5.65. The summed E-state index contributed by atoms with van der Waals surface area (Å²) < 4.78 is 35.2. The van der Waals surface area contributed by atoms with E-state index in [0.29, 0.717) is 24.3 Å². The van der Waals surface area contributed by atoms with Gasteiger partial charge < -0.3 is 10.1 Å². The Labute approximate surface area is 168 Å². The number of ether oxygens (including phenoxy) is 1. The van der Waals surface area contributed by atoms with Crippen molar-refractivity contribution in [1.29, 1.82) is 0 Å². The van der Waals surface area contributed by atoms with E-state index in [1.165, 1.54) is 12.1 Å².